The smallest absolute Gasteiger partial charge is 0.137 e. The molecule has 0 aliphatic rings. The van der Waals surface area contributed by atoms with Gasteiger partial charge in [-0.05, 0) is 40.1 Å². The third kappa shape index (κ3) is 3.73. The van der Waals surface area contributed by atoms with E-state index in [-0.39, 0.29) is 0 Å². The van der Waals surface area contributed by atoms with Crippen LogP contribution in [0.2, 0.25) is 5.02 Å². The lowest BCUT2D eigenvalue weighted by Crippen LogP contribution is -2.01. The van der Waals surface area contributed by atoms with Crippen molar-refractivity contribution < 1.29 is 4.74 Å². The van der Waals surface area contributed by atoms with E-state index in [4.69, 9.17) is 16.3 Å². The summed E-state index contributed by atoms with van der Waals surface area (Å²) in [6.07, 6.45) is 0.917. The standard InChI is InChI=1S/C13H12BrClOS/c14-8-11-1-2-13(12(15)7-11)16-5-3-10-4-6-17-9-10/h1-2,4,6-7,9H,3,5,8H2. The molecular weight excluding hydrogens is 320 g/mol. The molecule has 1 heterocycles. The van der Waals surface area contributed by atoms with Crippen LogP contribution in [0.15, 0.2) is 35.0 Å². The first-order valence-corrected chi connectivity index (χ1v) is 7.72. The van der Waals surface area contributed by atoms with Gasteiger partial charge in [0.05, 0.1) is 11.6 Å². The zero-order chi connectivity index (χ0) is 12.1. The summed E-state index contributed by atoms with van der Waals surface area (Å²) in [6.45, 7) is 0.657. The van der Waals surface area contributed by atoms with Crippen molar-refractivity contribution in [1.82, 2.24) is 0 Å². The average Bonchev–Trinajstić information content (AvgIpc) is 2.84. The molecular formula is C13H12BrClOS. The molecule has 0 unspecified atom stereocenters. The molecule has 0 aliphatic heterocycles. The lowest BCUT2D eigenvalue weighted by Gasteiger charge is -2.08. The molecule has 0 spiro atoms. The van der Waals surface area contributed by atoms with E-state index in [2.05, 4.69) is 32.8 Å². The highest BCUT2D eigenvalue weighted by molar-refractivity contribution is 9.08. The van der Waals surface area contributed by atoms with E-state index in [0.717, 1.165) is 23.1 Å². The van der Waals surface area contributed by atoms with Gasteiger partial charge in [0.1, 0.15) is 5.75 Å². The minimum atomic E-state index is 0.657. The molecule has 0 bridgehead atoms. The van der Waals surface area contributed by atoms with E-state index in [1.807, 2.05) is 18.2 Å². The molecule has 0 amide bonds. The van der Waals surface area contributed by atoms with Crippen LogP contribution in [0.5, 0.6) is 5.75 Å². The first-order valence-electron chi connectivity index (χ1n) is 5.28. The highest BCUT2D eigenvalue weighted by Gasteiger charge is 2.03. The van der Waals surface area contributed by atoms with Gasteiger partial charge < -0.3 is 4.74 Å². The van der Waals surface area contributed by atoms with Gasteiger partial charge in [-0.2, -0.15) is 11.3 Å². The molecule has 0 N–H and O–H groups in total. The molecule has 17 heavy (non-hydrogen) atoms. The summed E-state index contributed by atoms with van der Waals surface area (Å²) in [5, 5.41) is 5.70. The molecule has 1 aromatic heterocycles. The fourth-order valence-electron chi connectivity index (χ4n) is 1.46. The summed E-state index contributed by atoms with van der Waals surface area (Å²) in [7, 11) is 0. The molecule has 1 aromatic carbocycles. The third-order valence-electron chi connectivity index (χ3n) is 2.38. The molecule has 0 atom stereocenters. The number of hydrogen-bond donors (Lipinski definition) is 0. The zero-order valence-electron chi connectivity index (χ0n) is 9.16. The van der Waals surface area contributed by atoms with Gasteiger partial charge in [0, 0.05) is 11.8 Å². The lowest BCUT2D eigenvalue weighted by atomic mass is 10.2. The van der Waals surface area contributed by atoms with Crippen LogP contribution in [0.4, 0.5) is 0 Å². The van der Waals surface area contributed by atoms with Gasteiger partial charge in [0.2, 0.25) is 0 Å². The summed E-state index contributed by atoms with van der Waals surface area (Å²) in [5.41, 5.74) is 2.46. The maximum absolute atomic E-state index is 6.13. The van der Waals surface area contributed by atoms with E-state index in [0.29, 0.717) is 11.6 Å². The Labute approximate surface area is 119 Å². The van der Waals surface area contributed by atoms with E-state index in [1.54, 1.807) is 11.3 Å². The Morgan fingerprint density at radius 2 is 2.12 bits per heavy atom. The minimum Gasteiger partial charge on any atom is -0.492 e. The Balaban J connectivity index is 1.90. The fraction of sp³-hybridized carbons (Fsp3) is 0.231. The van der Waals surface area contributed by atoms with Crippen LogP contribution in [0, 0.1) is 0 Å². The van der Waals surface area contributed by atoms with Crippen LogP contribution in [-0.2, 0) is 11.8 Å². The van der Waals surface area contributed by atoms with Crippen LogP contribution < -0.4 is 4.74 Å². The first kappa shape index (κ1) is 12.9. The molecule has 0 radical (unpaired) electrons. The number of hydrogen-bond acceptors (Lipinski definition) is 2. The van der Waals surface area contributed by atoms with Crippen LogP contribution in [-0.4, -0.2) is 6.61 Å². The fourth-order valence-corrected chi connectivity index (χ4v) is 2.77. The predicted octanol–water partition coefficient (Wildman–Crippen LogP) is 4.92. The second kappa shape index (κ2) is 6.43. The molecule has 2 rings (SSSR count). The molecule has 0 aliphatic carbocycles. The second-order valence-electron chi connectivity index (χ2n) is 3.63. The summed E-state index contributed by atoms with van der Waals surface area (Å²) in [4.78, 5) is 0. The van der Waals surface area contributed by atoms with Gasteiger partial charge >= 0.3 is 0 Å². The molecule has 0 saturated heterocycles. The highest BCUT2D eigenvalue weighted by Crippen LogP contribution is 2.26. The van der Waals surface area contributed by atoms with Gasteiger partial charge in [0.15, 0.2) is 0 Å². The van der Waals surface area contributed by atoms with E-state index in [1.165, 1.54) is 5.56 Å². The van der Waals surface area contributed by atoms with Crippen molar-refractivity contribution in [3.63, 3.8) is 0 Å². The normalized spacial score (nSPS) is 10.5. The van der Waals surface area contributed by atoms with Crippen molar-refractivity contribution >= 4 is 38.9 Å². The molecule has 0 saturated carbocycles. The van der Waals surface area contributed by atoms with Crippen molar-refractivity contribution in [2.75, 3.05) is 6.61 Å². The van der Waals surface area contributed by atoms with Crippen LogP contribution in [0.3, 0.4) is 0 Å². The van der Waals surface area contributed by atoms with Crippen LogP contribution in [0.25, 0.3) is 0 Å². The van der Waals surface area contributed by atoms with Gasteiger partial charge in [-0.3, -0.25) is 0 Å². The van der Waals surface area contributed by atoms with Crippen molar-refractivity contribution in [2.45, 2.75) is 11.8 Å². The number of benzene rings is 1. The summed E-state index contributed by atoms with van der Waals surface area (Å²) >= 11 is 11.2. The summed E-state index contributed by atoms with van der Waals surface area (Å²) < 4.78 is 5.67. The maximum atomic E-state index is 6.13. The highest BCUT2D eigenvalue weighted by atomic mass is 79.9. The predicted molar refractivity (Wildman–Crippen MR) is 77.6 cm³/mol. The van der Waals surface area contributed by atoms with Crippen molar-refractivity contribution in [1.29, 1.82) is 0 Å². The monoisotopic (exact) mass is 330 g/mol. The molecule has 1 nitrogen and oxygen atoms in total. The molecule has 90 valence electrons. The Kier molecular flexibility index (Phi) is 4.89. The SMILES string of the molecule is Clc1cc(CBr)ccc1OCCc1ccsc1. The van der Waals surface area contributed by atoms with Crippen molar-refractivity contribution in [2.24, 2.45) is 0 Å². The minimum absolute atomic E-state index is 0.657. The number of alkyl halides is 1. The summed E-state index contributed by atoms with van der Waals surface area (Å²) in [6, 6.07) is 7.98. The number of thiophene rings is 1. The second-order valence-corrected chi connectivity index (χ2v) is 5.38. The Morgan fingerprint density at radius 3 is 2.76 bits per heavy atom. The van der Waals surface area contributed by atoms with E-state index in [9.17, 15) is 0 Å². The quantitative estimate of drug-likeness (QED) is 0.707. The lowest BCUT2D eigenvalue weighted by molar-refractivity contribution is 0.322. The van der Waals surface area contributed by atoms with E-state index < -0.39 is 0 Å². The van der Waals surface area contributed by atoms with Gasteiger partial charge in [-0.1, -0.05) is 33.6 Å². The zero-order valence-corrected chi connectivity index (χ0v) is 12.3. The first-order chi connectivity index (χ1) is 8.29. The number of halogens is 2. The molecule has 0 fully saturated rings. The van der Waals surface area contributed by atoms with Crippen molar-refractivity contribution in [3.8, 4) is 5.75 Å². The number of rotatable bonds is 5. The van der Waals surface area contributed by atoms with Gasteiger partial charge in [-0.15, -0.1) is 0 Å². The summed E-state index contributed by atoms with van der Waals surface area (Å²) in [5.74, 6) is 0.756. The van der Waals surface area contributed by atoms with E-state index >= 15 is 0 Å². The Hall–Kier alpha value is -0.510. The molecule has 4 heteroatoms. The maximum Gasteiger partial charge on any atom is 0.137 e. The van der Waals surface area contributed by atoms with Gasteiger partial charge in [-0.25, -0.2) is 0 Å². The van der Waals surface area contributed by atoms with Gasteiger partial charge in [0.25, 0.3) is 0 Å². The number of ether oxygens (including phenoxy) is 1. The van der Waals surface area contributed by atoms with Crippen LogP contribution in [0.1, 0.15) is 11.1 Å². The topological polar surface area (TPSA) is 9.23 Å². The Morgan fingerprint density at radius 1 is 1.24 bits per heavy atom. The van der Waals surface area contributed by atoms with Crippen molar-refractivity contribution in [3.05, 3.63) is 51.2 Å². The molecule has 2 aromatic rings. The third-order valence-corrected chi connectivity index (χ3v) is 4.05. The Bertz CT molecular complexity index is 470. The average molecular weight is 332 g/mol. The van der Waals surface area contributed by atoms with Crippen LogP contribution >= 0.6 is 38.9 Å². The largest absolute Gasteiger partial charge is 0.492 e.